The molecule has 2 heterocycles. The zero-order valence-electron chi connectivity index (χ0n) is 7.95. The van der Waals surface area contributed by atoms with Gasteiger partial charge in [0.05, 0.1) is 0 Å². The summed E-state index contributed by atoms with van der Waals surface area (Å²) in [6.45, 7) is 0. The summed E-state index contributed by atoms with van der Waals surface area (Å²) in [5, 5.41) is 11.8. The van der Waals surface area contributed by atoms with E-state index in [2.05, 4.69) is 19.6 Å². The van der Waals surface area contributed by atoms with Crippen molar-refractivity contribution in [3.63, 3.8) is 0 Å². The second-order valence-corrected chi connectivity index (χ2v) is 2.98. The molecule has 2 N–H and O–H groups in total. The normalized spacial score (nSPS) is 11.7. The van der Waals surface area contributed by atoms with Crippen LogP contribution in [0.1, 0.15) is 16.1 Å². The van der Waals surface area contributed by atoms with Crippen LogP contribution in [0.2, 0.25) is 0 Å². The maximum atomic E-state index is 12.4. The van der Waals surface area contributed by atoms with Gasteiger partial charge in [0.2, 0.25) is 0 Å². The van der Waals surface area contributed by atoms with Gasteiger partial charge in [-0.15, -0.1) is 0 Å². The number of carboxylic acid groups (broad SMARTS) is 1. The number of H-pyrrole nitrogens is 1. The van der Waals surface area contributed by atoms with Gasteiger partial charge in [-0.25, -0.2) is 9.78 Å². The number of imidazole rings is 1. The molecule has 0 amide bonds. The van der Waals surface area contributed by atoms with E-state index in [1.165, 1.54) is 12.4 Å². The highest BCUT2D eigenvalue weighted by Crippen LogP contribution is 2.35. The Morgan fingerprint density at radius 2 is 2.18 bits per heavy atom. The van der Waals surface area contributed by atoms with Crippen molar-refractivity contribution in [2.45, 2.75) is 6.18 Å². The molecule has 0 atom stereocenters. The van der Waals surface area contributed by atoms with E-state index in [9.17, 15) is 18.0 Å². The van der Waals surface area contributed by atoms with Crippen molar-refractivity contribution >= 4 is 5.97 Å². The third kappa shape index (κ3) is 1.86. The summed E-state index contributed by atoms with van der Waals surface area (Å²) in [5.74, 6) is -3.55. The summed E-state index contributed by atoms with van der Waals surface area (Å²) in [4.78, 5) is 16.9. The summed E-state index contributed by atoms with van der Waals surface area (Å²) >= 11 is 0. The number of alkyl halides is 3. The van der Waals surface area contributed by atoms with Gasteiger partial charge in [0.25, 0.3) is 5.76 Å². The van der Waals surface area contributed by atoms with E-state index in [4.69, 9.17) is 5.11 Å². The Balaban J connectivity index is 2.64. The van der Waals surface area contributed by atoms with Crippen molar-refractivity contribution in [3.8, 4) is 11.5 Å². The van der Waals surface area contributed by atoms with Crippen LogP contribution in [0.25, 0.3) is 11.5 Å². The first-order valence-corrected chi connectivity index (χ1v) is 4.21. The minimum Gasteiger partial charge on any atom is -0.477 e. The molecule has 6 nitrogen and oxygen atoms in total. The number of halogens is 3. The molecule has 0 saturated carbocycles. The molecule has 9 heteroatoms. The lowest BCUT2D eigenvalue weighted by molar-refractivity contribution is -0.156. The number of nitrogens with one attached hydrogen (secondary N) is 1. The minimum absolute atomic E-state index is 0.110. The molecule has 2 aromatic heterocycles. The largest absolute Gasteiger partial charge is 0.477 e. The summed E-state index contributed by atoms with van der Waals surface area (Å²) in [7, 11) is 0. The lowest BCUT2D eigenvalue weighted by Crippen LogP contribution is -2.11. The van der Waals surface area contributed by atoms with Gasteiger partial charge in [0, 0.05) is 12.4 Å². The first kappa shape index (κ1) is 11.2. The highest BCUT2D eigenvalue weighted by molar-refractivity contribution is 5.95. The second kappa shape index (κ2) is 3.61. The van der Waals surface area contributed by atoms with Gasteiger partial charge in [0.1, 0.15) is 5.56 Å². The molecule has 0 saturated heterocycles. The molecule has 0 aliphatic rings. The standard InChI is InChI=1S/C8H4F3N3O3/c9-8(10,11)5-3(7(15)16)4(14-17-5)6-12-1-2-13-6/h1-2H,(H,12,13)(H,15,16). The number of hydrogen-bond acceptors (Lipinski definition) is 4. The van der Waals surface area contributed by atoms with Crippen LogP contribution in [0.3, 0.4) is 0 Å². The Bertz CT molecular complexity index is 544. The number of hydrogen-bond donors (Lipinski definition) is 2. The zero-order chi connectivity index (χ0) is 12.6. The van der Waals surface area contributed by atoms with E-state index >= 15 is 0 Å². The fourth-order valence-corrected chi connectivity index (χ4v) is 1.24. The van der Waals surface area contributed by atoms with Gasteiger partial charge in [0.15, 0.2) is 11.5 Å². The third-order valence-corrected chi connectivity index (χ3v) is 1.89. The maximum absolute atomic E-state index is 12.4. The molecule has 0 aliphatic carbocycles. The third-order valence-electron chi connectivity index (χ3n) is 1.89. The number of carbonyl (C=O) groups is 1. The molecule has 0 fully saturated rings. The molecule has 0 spiro atoms. The molecule has 0 aliphatic heterocycles. The predicted octanol–water partition coefficient (Wildman–Crippen LogP) is 1.78. The number of rotatable bonds is 2. The lowest BCUT2D eigenvalue weighted by Gasteiger charge is -2.01. The quantitative estimate of drug-likeness (QED) is 0.843. The Morgan fingerprint density at radius 3 is 2.65 bits per heavy atom. The molecule has 17 heavy (non-hydrogen) atoms. The zero-order valence-corrected chi connectivity index (χ0v) is 7.95. The average Bonchev–Trinajstić information content (AvgIpc) is 2.84. The molecular weight excluding hydrogens is 243 g/mol. The van der Waals surface area contributed by atoms with E-state index in [0.29, 0.717) is 0 Å². The number of aromatic carboxylic acids is 1. The van der Waals surface area contributed by atoms with Crippen LogP contribution in [-0.4, -0.2) is 26.2 Å². The van der Waals surface area contributed by atoms with Gasteiger partial charge in [-0.1, -0.05) is 5.16 Å². The lowest BCUT2D eigenvalue weighted by atomic mass is 10.1. The van der Waals surface area contributed by atoms with Gasteiger partial charge >= 0.3 is 12.1 Å². The summed E-state index contributed by atoms with van der Waals surface area (Å²) in [6.07, 6.45) is -2.35. The fraction of sp³-hybridized carbons (Fsp3) is 0.125. The summed E-state index contributed by atoms with van der Waals surface area (Å²) in [5.41, 5.74) is -1.55. The monoisotopic (exact) mass is 247 g/mol. The Labute approximate surface area is 91.1 Å². The van der Waals surface area contributed by atoms with Crippen molar-refractivity contribution in [2.75, 3.05) is 0 Å². The average molecular weight is 247 g/mol. The van der Waals surface area contributed by atoms with Crippen molar-refractivity contribution < 1.29 is 27.6 Å². The van der Waals surface area contributed by atoms with Gasteiger partial charge in [-0.05, 0) is 0 Å². The van der Waals surface area contributed by atoms with Crippen molar-refractivity contribution in [2.24, 2.45) is 0 Å². The predicted molar refractivity (Wildman–Crippen MR) is 46.0 cm³/mol. The molecular formula is C8H4F3N3O3. The number of carboxylic acids is 1. The molecule has 2 aromatic rings. The molecule has 0 bridgehead atoms. The van der Waals surface area contributed by atoms with E-state index in [1.807, 2.05) is 0 Å². The topological polar surface area (TPSA) is 92.0 Å². The summed E-state index contributed by atoms with van der Waals surface area (Å²) in [6, 6.07) is 0. The van der Waals surface area contributed by atoms with E-state index < -0.39 is 29.2 Å². The SMILES string of the molecule is O=C(O)c1c(-c2ncc[nH]2)noc1C(F)(F)F. The van der Waals surface area contributed by atoms with Crippen LogP contribution < -0.4 is 0 Å². The van der Waals surface area contributed by atoms with Crippen LogP contribution in [0.5, 0.6) is 0 Å². The van der Waals surface area contributed by atoms with Crippen molar-refractivity contribution in [1.29, 1.82) is 0 Å². The van der Waals surface area contributed by atoms with E-state index in [0.717, 1.165) is 0 Å². The molecule has 90 valence electrons. The van der Waals surface area contributed by atoms with Crippen LogP contribution in [0.4, 0.5) is 13.2 Å². The van der Waals surface area contributed by atoms with Crippen LogP contribution in [0, 0.1) is 0 Å². The molecule has 2 rings (SSSR count). The van der Waals surface area contributed by atoms with Crippen molar-refractivity contribution in [1.82, 2.24) is 15.1 Å². The number of aromatic nitrogens is 3. The Hall–Kier alpha value is -2.32. The van der Waals surface area contributed by atoms with Gasteiger partial charge in [-0.2, -0.15) is 13.2 Å². The van der Waals surface area contributed by atoms with E-state index in [-0.39, 0.29) is 5.82 Å². The smallest absolute Gasteiger partial charge is 0.453 e. The second-order valence-electron chi connectivity index (χ2n) is 2.98. The number of nitrogens with zero attached hydrogens (tertiary/aromatic N) is 2. The first-order chi connectivity index (χ1) is 7.91. The van der Waals surface area contributed by atoms with Crippen LogP contribution in [0.15, 0.2) is 16.9 Å². The van der Waals surface area contributed by atoms with Gasteiger partial charge < -0.3 is 14.6 Å². The van der Waals surface area contributed by atoms with Gasteiger partial charge in [-0.3, -0.25) is 0 Å². The van der Waals surface area contributed by atoms with Crippen LogP contribution >= 0.6 is 0 Å². The minimum atomic E-state index is -4.93. The van der Waals surface area contributed by atoms with Crippen molar-refractivity contribution in [3.05, 3.63) is 23.7 Å². The Morgan fingerprint density at radius 1 is 1.47 bits per heavy atom. The molecule has 0 radical (unpaired) electrons. The maximum Gasteiger partial charge on any atom is 0.453 e. The molecule has 0 aromatic carbocycles. The summed E-state index contributed by atoms with van der Waals surface area (Å²) < 4.78 is 41.3. The number of aromatic amines is 1. The van der Waals surface area contributed by atoms with Crippen LogP contribution in [-0.2, 0) is 6.18 Å². The highest BCUT2D eigenvalue weighted by Gasteiger charge is 2.43. The fourth-order valence-electron chi connectivity index (χ4n) is 1.24. The molecule has 0 unspecified atom stereocenters. The highest BCUT2D eigenvalue weighted by atomic mass is 19.4. The van der Waals surface area contributed by atoms with E-state index in [1.54, 1.807) is 0 Å². The Kier molecular flexibility index (Phi) is 2.37. The first-order valence-electron chi connectivity index (χ1n) is 4.21.